The second-order valence-electron chi connectivity index (χ2n) is 4.07. The summed E-state index contributed by atoms with van der Waals surface area (Å²) in [6.07, 6.45) is 1.58. The topological polar surface area (TPSA) is 54.0 Å². The van der Waals surface area contributed by atoms with E-state index in [9.17, 15) is 4.79 Å². The molecular formula is C14H14ClN3O. The van der Waals surface area contributed by atoms with Gasteiger partial charge in [0.15, 0.2) is 5.82 Å². The summed E-state index contributed by atoms with van der Waals surface area (Å²) < 4.78 is 0. The zero-order valence-electron chi connectivity index (χ0n) is 10.7. The molecule has 0 saturated carbocycles. The van der Waals surface area contributed by atoms with E-state index < -0.39 is 0 Å². The van der Waals surface area contributed by atoms with Gasteiger partial charge >= 0.3 is 0 Å². The summed E-state index contributed by atoms with van der Waals surface area (Å²) in [6, 6.07) is 8.83. The predicted octanol–water partition coefficient (Wildman–Crippen LogP) is 3.34. The molecule has 0 atom stereocenters. The molecule has 1 amide bonds. The first-order valence-electron chi connectivity index (χ1n) is 5.82. The van der Waals surface area contributed by atoms with E-state index in [0.29, 0.717) is 16.4 Å². The standard InChI is InChI=1S/C14H14ClN3O/c1-9-8-10(5-6-12(9)16-2)14(19)18-13-11(15)4-3-7-17-13/h3-8,16H,1-2H3,(H,17,18,19). The summed E-state index contributed by atoms with van der Waals surface area (Å²) in [7, 11) is 1.84. The predicted molar refractivity (Wildman–Crippen MR) is 77.9 cm³/mol. The Morgan fingerprint density at radius 1 is 1.32 bits per heavy atom. The van der Waals surface area contributed by atoms with Crippen LogP contribution in [0.15, 0.2) is 36.5 Å². The summed E-state index contributed by atoms with van der Waals surface area (Å²) in [5, 5.41) is 6.16. The number of nitrogens with one attached hydrogen (secondary N) is 2. The van der Waals surface area contributed by atoms with E-state index in [4.69, 9.17) is 11.6 Å². The van der Waals surface area contributed by atoms with Crippen LogP contribution in [-0.2, 0) is 0 Å². The van der Waals surface area contributed by atoms with Gasteiger partial charge < -0.3 is 10.6 Å². The van der Waals surface area contributed by atoms with Crippen molar-refractivity contribution in [1.29, 1.82) is 0 Å². The molecule has 0 unspecified atom stereocenters. The molecule has 1 aromatic carbocycles. The summed E-state index contributed by atoms with van der Waals surface area (Å²) in [5.41, 5.74) is 2.56. The molecule has 0 aliphatic rings. The zero-order chi connectivity index (χ0) is 13.8. The van der Waals surface area contributed by atoms with Gasteiger partial charge in [-0.2, -0.15) is 0 Å². The molecule has 0 bridgehead atoms. The zero-order valence-corrected chi connectivity index (χ0v) is 11.5. The molecule has 5 heteroatoms. The fourth-order valence-corrected chi connectivity index (χ4v) is 1.91. The Balaban J connectivity index is 2.21. The molecule has 1 heterocycles. The van der Waals surface area contributed by atoms with Crippen molar-refractivity contribution < 1.29 is 4.79 Å². The van der Waals surface area contributed by atoms with Gasteiger partial charge in [0, 0.05) is 24.5 Å². The minimum absolute atomic E-state index is 0.230. The SMILES string of the molecule is CNc1ccc(C(=O)Nc2ncccc2Cl)cc1C. The molecule has 98 valence electrons. The maximum atomic E-state index is 12.1. The van der Waals surface area contributed by atoms with Crippen LogP contribution in [0.5, 0.6) is 0 Å². The van der Waals surface area contributed by atoms with Gasteiger partial charge in [0.2, 0.25) is 0 Å². The van der Waals surface area contributed by atoms with Crippen LogP contribution in [0.25, 0.3) is 0 Å². The highest BCUT2D eigenvalue weighted by molar-refractivity contribution is 6.33. The number of carbonyl (C=O) groups excluding carboxylic acids is 1. The first kappa shape index (κ1) is 13.4. The minimum atomic E-state index is -0.230. The molecule has 1 aromatic heterocycles. The van der Waals surface area contributed by atoms with Crippen LogP contribution in [0.3, 0.4) is 0 Å². The lowest BCUT2D eigenvalue weighted by molar-refractivity contribution is 0.102. The number of hydrogen-bond acceptors (Lipinski definition) is 3. The second kappa shape index (κ2) is 5.71. The summed E-state index contributed by atoms with van der Waals surface area (Å²) in [4.78, 5) is 16.1. The number of amides is 1. The van der Waals surface area contributed by atoms with Crippen LogP contribution < -0.4 is 10.6 Å². The first-order valence-corrected chi connectivity index (χ1v) is 6.20. The van der Waals surface area contributed by atoms with E-state index in [1.54, 1.807) is 24.4 Å². The van der Waals surface area contributed by atoms with Crippen molar-refractivity contribution in [2.75, 3.05) is 17.7 Å². The van der Waals surface area contributed by atoms with Gasteiger partial charge in [-0.05, 0) is 42.8 Å². The number of aryl methyl sites for hydroxylation is 1. The Bertz CT molecular complexity index is 613. The number of halogens is 1. The van der Waals surface area contributed by atoms with Crippen LogP contribution in [0.1, 0.15) is 15.9 Å². The number of rotatable bonds is 3. The lowest BCUT2D eigenvalue weighted by atomic mass is 10.1. The monoisotopic (exact) mass is 275 g/mol. The average Bonchev–Trinajstić information content (AvgIpc) is 2.41. The van der Waals surface area contributed by atoms with Crippen molar-refractivity contribution in [3.05, 3.63) is 52.7 Å². The summed E-state index contributed by atoms with van der Waals surface area (Å²) >= 11 is 5.95. The van der Waals surface area contributed by atoms with E-state index in [2.05, 4.69) is 15.6 Å². The molecule has 0 aliphatic carbocycles. The number of benzene rings is 1. The number of aromatic nitrogens is 1. The Labute approximate surface area is 116 Å². The van der Waals surface area contributed by atoms with E-state index in [1.807, 2.05) is 26.1 Å². The lowest BCUT2D eigenvalue weighted by Crippen LogP contribution is -2.13. The van der Waals surface area contributed by atoms with E-state index in [-0.39, 0.29) is 5.91 Å². The van der Waals surface area contributed by atoms with Gasteiger partial charge in [-0.1, -0.05) is 11.6 Å². The molecule has 2 rings (SSSR count). The maximum absolute atomic E-state index is 12.1. The van der Waals surface area contributed by atoms with Crippen molar-refractivity contribution in [2.24, 2.45) is 0 Å². The third-order valence-electron chi connectivity index (χ3n) is 2.75. The Kier molecular flexibility index (Phi) is 4.02. The number of hydrogen-bond donors (Lipinski definition) is 2. The second-order valence-corrected chi connectivity index (χ2v) is 4.47. The highest BCUT2D eigenvalue weighted by Gasteiger charge is 2.10. The van der Waals surface area contributed by atoms with Gasteiger partial charge in [0.05, 0.1) is 5.02 Å². The van der Waals surface area contributed by atoms with Crippen LogP contribution in [0.2, 0.25) is 5.02 Å². The van der Waals surface area contributed by atoms with E-state index in [1.165, 1.54) is 0 Å². The van der Waals surface area contributed by atoms with Gasteiger partial charge in [-0.15, -0.1) is 0 Å². The van der Waals surface area contributed by atoms with Gasteiger partial charge in [0.1, 0.15) is 0 Å². The summed E-state index contributed by atoms with van der Waals surface area (Å²) in [6.45, 7) is 1.94. The average molecular weight is 276 g/mol. The van der Waals surface area contributed by atoms with E-state index >= 15 is 0 Å². The molecule has 19 heavy (non-hydrogen) atoms. The fraction of sp³-hybridized carbons (Fsp3) is 0.143. The van der Waals surface area contributed by atoms with Crippen LogP contribution >= 0.6 is 11.6 Å². The third kappa shape index (κ3) is 3.03. The normalized spacial score (nSPS) is 10.1. The van der Waals surface area contributed by atoms with Crippen molar-refractivity contribution >= 4 is 29.0 Å². The van der Waals surface area contributed by atoms with Gasteiger partial charge in [0.25, 0.3) is 5.91 Å². The van der Waals surface area contributed by atoms with Crippen LogP contribution in [0, 0.1) is 6.92 Å². The number of pyridine rings is 1. The number of nitrogens with zero attached hydrogens (tertiary/aromatic N) is 1. The Morgan fingerprint density at radius 2 is 2.11 bits per heavy atom. The molecular weight excluding hydrogens is 262 g/mol. The van der Waals surface area contributed by atoms with Gasteiger partial charge in [-0.25, -0.2) is 4.98 Å². The quantitative estimate of drug-likeness (QED) is 0.903. The Morgan fingerprint density at radius 3 is 2.74 bits per heavy atom. The largest absolute Gasteiger partial charge is 0.388 e. The third-order valence-corrected chi connectivity index (χ3v) is 3.05. The van der Waals surface area contributed by atoms with Crippen molar-refractivity contribution in [3.63, 3.8) is 0 Å². The van der Waals surface area contributed by atoms with E-state index in [0.717, 1.165) is 11.3 Å². The smallest absolute Gasteiger partial charge is 0.256 e. The lowest BCUT2D eigenvalue weighted by Gasteiger charge is -2.09. The molecule has 0 fully saturated rings. The maximum Gasteiger partial charge on any atom is 0.256 e. The van der Waals surface area contributed by atoms with Crippen molar-refractivity contribution in [3.8, 4) is 0 Å². The molecule has 2 N–H and O–H groups in total. The molecule has 0 saturated heterocycles. The molecule has 0 aliphatic heterocycles. The fourth-order valence-electron chi connectivity index (χ4n) is 1.74. The van der Waals surface area contributed by atoms with Crippen LogP contribution in [0.4, 0.5) is 11.5 Å². The van der Waals surface area contributed by atoms with Gasteiger partial charge in [-0.3, -0.25) is 4.79 Å². The van der Waals surface area contributed by atoms with Crippen molar-refractivity contribution in [1.82, 2.24) is 4.98 Å². The number of anilines is 2. The number of carbonyl (C=O) groups is 1. The molecule has 4 nitrogen and oxygen atoms in total. The van der Waals surface area contributed by atoms with Crippen molar-refractivity contribution in [2.45, 2.75) is 6.92 Å². The Hall–Kier alpha value is -2.07. The molecule has 0 spiro atoms. The molecule has 2 aromatic rings. The van der Waals surface area contributed by atoms with Crippen LogP contribution in [-0.4, -0.2) is 17.9 Å². The first-order chi connectivity index (χ1) is 9.11. The summed E-state index contributed by atoms with van der Waals surface area (Å²) in [5.74, 6) is 0.135. The highest BCUT2D eigenvalue weighted by Crippen LogP contribution is 2.20. The molecule has 0 radical (unpaired) electrons. The minimum Gasteiger partial charge on any atom is -0.388 e. The highest BCUT2D eigenvalue weighted by atomic mass is 35.5.